The molecule has 0 aliphatic carbocycles. The molecule has 0 radical (unpaired) electrons. The summed E-state index contributed by atoms with van der Waals surface area (Å²) in [4.78, 5) is 0. The minimum Gasteiger partial charge on any atom is -0.262 e. The molecule has 2 heterocycles. The summed E-state index contributed by atoms with van der Waals surface area (Å²) in [5, 5.41) is 17.1. The molecule has 0 N–H and O–H groups in total. The van der Waals surface area contributed by atoms with Crippen LogP contribution in [-0.4, -0.2) is 14.8 Å². The summed E-state index contributed by atoms with van der Waals surface area (Å²) in [6, 6.07) is 16.4. The first-order valence-electron chi connectivity index (χ1n) is 6.91. The van der Waals surface area contributed by atoms with Crippen molar-refractivity contribution in [2.75, 3.05) is 0 Å². The Kier molecular flexibility index (Phi) is 3.25. The molecule has 1 unspecified atom stereocenters. The van der Waals surface area contributed by atoms with E-state index in [9.17, 15) is 0 Å². The third-order valence-electron chi connectivity index (χ3n) is 3.71. The van der Waals surface area contributed by atoms with Crippen molar-refractivity contribution in [1.82, 2.24) is 14.8 Å². The van der Waals surface area contributed by atoms with Crippen molar-refractivity contribution in [3.63, 3.8) is 0 Å². The third kappa shape index (κ3) is 2.14. The Bertz CT molecular complexity index is 869. The molecule has 1 aliphatic heterocycles. The normalized spacial score (nSPS) is 16.0. The van der Waals surface area contributed by atoms with Crippen molar-refractivity contribution in [2.24, 2.45) is 10.2 Å². The first-order valence-corrected chi connectivity index (χ1v) is 7.99. The zero-order chi connectivity index (χ0) is 15.1. The fraction of sp³-hybridized carbons (Fsp3) is 0.125. The number of nitrogens with zero attached hydrogens (tertiary/aromatic N) is 5. The highest BCUT2D eigenvalue weighted by Crippen LogP contribution is 2.37. The molecule has 1 atom stereocenters. The third-order valence-corrected chi connectivity index (χ3v) is 4.38. The molecule has 3 aromatic rings. The summed E-state index contributed by atoms with van der Waals surface area (Å²) in [6.45, 7) is 1.93. The lowest BCUT2D eigenvalue weighted by Crippen LogP contribution is -2.04. The fourth-order valence-corrected chi connectivity index (χ4v) is 3.21. The van der Waals surface area contributed by atoms with Gasteiger partial charge in [-0.25, -0.2) is 0 Å². The molecular weight excluding hydrogens is 389 g/mol. The topological polar surface area (TPSA) is 55.4 Å². The smallest absolute Gasteiger partial charge is 0.262 e. The van der Waals surface area contributed by atoms with Crippen molar-refractivity contribution < 1.29 is 0 Å². The number of hydrogen-bond donors (Lipinski definition) is 0. The maximum atomic E-state index is 4.53. The number of azo groups is 1. The van der Waals surface area contributed by atoms with Gasteiger partial charge in [0.25, 0.3) is 5.95 Å². The van der Waals surface area contributed by atoms with Crippen LogP contribution in [0, 0.1) is 10.5 Å². The highest BCUT2D eigenvalue weighted by Gasteiger charge is 2.24. The van der Waals surface area contributed by atoms with E-state index in [0.717, 1.165) is 22.6 Å². The van der Waals surface area contributed by atoms with Gasteiger partial charge in [-0.05, 0) is 53.3 Å². The van der Waals surface area contributed by atoms with E-state index >= 15 is 0 Å². The number of hydrogen-bond acceptors (Lipinski definition) is 4. The minimum atomic E-state index is -0.132. The minimum absolute atomic E-state index is 0.132. The van der Waals surface area contributed by atoms with Gasteiger partial charge in [-0.1, -0.05) is 30.3 Å². The average Bonchev–Trinajstić information content (AvgIpc) is 2.82. The van der Waals surface area contributed by atoms with Gasteiger partial charge in [0.2, 0.25) is 0 Å². The van der Waals surface area contributed by atoms with Gasteiger partial charge in [0, 0.05) is 9.13 Å². The van der Waals surface area contributed by atoms with Crippen LogP contribution in [0.15, 0.2) is 58.8 Å². The molecule has 0 saturated carbocycles. The summed E-state index contributed by atoms with van der Waals surface area (Å²) in [5.41, 5.74) is 3.27. The second kappa shape index (κ2) is 5.28. The molecule has 4 rings (SSSR count). The lowest BCUT2D eigenvalue weighted by atomic mass is 9.98. The maximum absolute atomic E-state index is 4.53. The SMILES string of the molecule is Cc1nnc2n1-c1ccc(I)cc1C(c1ccccc1)N=N2. The zero-order valence-corrected chi connectivity index (χ0v) is 14.0. The zero-order valence-electron chi connectivity index (χ0n) is 11.8. The van der Waals surface area contributed by atoms with Gasteiger partial charge in [0.15, 0.2) is 0 Å². The Hall–Kier alpha value is -2.09. The number of fused-ring (bicyclic) bond motifs is 3. The summed E-state index contributed by atoms with van der Waals surface area (Å²) >= 11 is 2.32. The molecule has 22 heavy (non-hydrogen) atoms. The van der Waals surface area contributed by atoms with Crippen LogP contribution >= 0.6 is 22.6 Å². The van der Waals surface area contributed by atoms with E-state index in [1.807, 2.05) is 29.7 Å². The Morgan fingerprint density at radius 3 is 2.68 bits per heavy atom. The maximum Gasteiger partial charge on any atom is 0.274 e. The molecule has 0 amide bonds. The van der Waals surface area contributed by atoms with Crippen LogP contribution in [0.25, 0.3) is 5.69 Å². The standard InChI is InChI=1S/C16H12IN5/c1-10-18-20-16-21-19-15(11-5-3-2-4-6-11)13-9-12(17)7-8-14(13)22(10)16/h2-9,15H,1H3. The number of benzene rings is 2. The van der Waals surface area contributed by atoms with E-state index in [-0.39, 0.29) is 6.04 Å². The van der Waals surface area contributed by atoms with E-state index < -0.39 is 0 Å². The van der Waals surface area contributed by atoms with Gasteiger partial charge in [0.05, 0.1) is 5.69 Å². The van der Waals surface area contributed by atoms with Gasteiger partial charge < -0.3 is 0 Å². The molecule has 1 aromatic heterocycles. The molecular formula is C16H12IN5. The summed E-state index contributed by atoms with van der Waals surface area (Å²) in [7, 11) is 0. The predicted octanol–water partition coefficient (Wildman–Crippen LogP) is 4.37. The highest BCUT2D eigenvalue weighted by molar-refractivity contribution is 14.1. The molecule has 0 fully saturated rings. The second-order valence-electron chi connectivity index (χ2n) is 5.11. The Morgan fingerprint density at radius 1 is 1.05 bits per heavy atom. The van der Waals surface area contributed by atoms with Crippen LogP contribution in [0.2, 0.25) is 0 Å². The van der Waals surface area contributed by atoms with Crippen LogP contribution in [-0.2, 0) is 0 Å². The summed E-state index contributed by atoms with van der Waals surface area (Å²) < 4.78 is 3.12. The lowest BCUT2D eigenvalue weighted by molar-refractivity contribution is 0.809. The molecule has 2 aromatic carbocycles. The fourth-order valence-electron chi connectivity index (χ4n) is 2.70. The highest BCUT2D eigenvalue weighted by atomic mass is 127. The summed E-state index contributed by atoms with van der Waals surface area (Å²) in [6.07, 6.45) is 0. The van der Waals surface area contributed by atoms with E-state index in [1.54, 1.807) is 0 Å². The molecule has 0 saturated heterocycles. The monoisotopic (exact) mass is 401 g/mol. The van der Waals surface area contributed by atoms with Crippen molar-refractivity contribution in [3.8, 4) is 5.69 Å². The molecule has 0 bridgehead atoms. The largest absolute Gasteiger partial charge is 0.274 e. The van der Waals surface area contributed by atoms with Gasteiger partial charge in [0.1, 0.15) is 11.9 Å². The van der Waals surface area contributed by atoms with Crippen molar-refractivity contribution in [2.45, 2.75) is 13.0 Å². The van der Waals surface area contributed by atoms with E-state index in [1.165, 1.54) is 3.57 Å². The van der Waals surface area contributed by atoms with E-state index in [4.69, 9.17) is 0 Å². The van der Waals surface area contributed by atoms with Crippen LogP contribution in [0.1, 0.15) is 23.0 Å². The van der Waals surface area contributed by atoms with Crippen molar-refractivity contribution >= 4 is 28.5 Å². The van der Waals surface area contributed by atoms with Crippen molar-refractivity contribution in [1.29, 1.82) is 0 Å². The van der Waals surface area contributed by atoms with E-state index in [0.29, 0.717) is 5.95 Å². The molecule has 6 heteroatoms. The van der Waals surface area contributed by atoms with Gasteiger partial charge in [-0.15, -0.1) is 15.3 Å². The molecule has 108 valence electrons. The Labute approximate surface area is 141 Å². The number of aryl methyl sites for hydroxylation is 1. The summed E-state index contributed by atoms with van der Waals surface area (Å²) in [5.74, 6) is 1.34. The van der Waals surface area contributed by atoms with Crippen LogP contribution in [0.4, 0.5) is 5.95 Å². The van der Waals surface area contributed by atoms with Gasteiger partial charge in [-0.2, -0.15) is 5.11 Å². The van der Waals surface area contributed by atoms with Crippen LogP contribution < -0.4 is 0 Å². The predicted molar refractivity (Wildman–Crippen MR) is 91.6 cm³/mol. The number of aromatic nitrogens is 3. The number of halogens is 1. The quantitative estimate of drug-likeness (QED) is 0.569. The first kappa shape index (κ1) is 13.6. The first-order chi connectivity index (χ1) is 10.7. The average molecular weight is 401 g/mol. The molecule has 1 aliphatic rings. The Balaban J connectivity index is 2.00. The van der Waals surface area contributed by atoms with Gasteiger partial charge >= 0.3 is 0 Å². The van der Waals surface area contributed by atoms with Crippen molar-refractivity contribution in [3.05, 3.63) is 69.1 Å². The lowest BCUT2D eigenvalue weighted by Gasteiger charge is -2.15. The Morgan fingerprint density at radius 2 is 1.86 bits per heavy atom. The van der Waals surface area contributed by atoms with Gasteiger partial charge in [-0.3, -0.25) is 4.57 Å². The van der Waals surface area contributed by atoms with Crippen LogP contribution in [0.5, 0.6) is 0 Å². The molecule has 5 nitrogen and oxygen atoms in total. The van der Waals surface area contributed by atoms with Crippen LogP contribution in [0.3, 0.4) is 0 Å². The molecule has 0 spiro atoms. The van der Waals surface area contributed by atoms with E-state index in [2.05, 4.69) is 73.3 Å². The number of rotatable bonds is 1. The second-order valence-corrected chi connectivity index (χ2v) is 6.36.